The van der Waals surface area contributed by atoms with Crippen LogP contribution in [-0.4, -0.2) is 98.4 Å². The lowest BCUT2D eigenvalue weighted by atomic mass is 10.0. The molecular weight excluding hydrogens is 500 g/mol. The normalized spacial score (nSPS) is 16.7. The molecule has 38 heavy (non-hydrogen) atoms. The zero-order chi connectivity index (χ0) is 27.8. The van der Waals surface area contributed by atoms with Gasteiger partial charge in [-0.05, 0) is 81.7 Å². The fourth-order valence-corrected chi connectivity index (χ4v) is 6.01. The van der Waals surface area contributed by atoms with Crippen molar-refractivity contribution in [2.75, 3.05) is 73.0 Å². The molecule has 1 fully saturated rings. The van der Waals surface area contributed by atoms with Gasteiger partial charge in [-0.3, -0.25) is 4.79 Å². The van der Waals surface area contributed by atoms with Crippen LogP contribution in [-0.2, 0) is 27.1 Å². The SMILES string of the molecule is COc1cc(C)c(S(=O)N(C)CCOCC(=O)N(C)Cc2ccc(N3CCCC(N(C)C)C3)cc2)c(C)c1. The monoisotopic (exact) mass is 544 g/mol. The van der Waals surface area contributed by atoms with Crippen molar-refractivity contribution in [3.8, 4) is 5.75 Å². The van der Waals surface area contributed by atoms with Crippen molar-refractivity contribution in [3.05, 3.63) is 53.1 Å². The van der Waals surface area contributed by atoms with Crippen LogP contribution in [0.1, 0.15) is 29.5 Å². The number of aryl methyl sites for hydroxylation is 2. The molecule has 3 rings (SSSR count). The molecule has 1 amide bonds. The summed E-state index contributed by atoms with van der Waals surface area (Å²) < 4.78 is 25.7. The number of likely N-dealkylation sites (N-methyl/N-ethyl adjacent to an activating group) is 3. The Hall–Kier alpha value is -2.46. The number of hydrogen-bond acceptors (Lipinski definition) is 6. The summed E-state index contributed by atoms with van der Waals surface area (Å²) in [5.41, 5.74) is 4.17. The highest BCUT2D eigenvalue weighted by Crippen LogP contribution is 2.26. The summed E-state index contributed by atoms with van der Waals surface area (Å²) in [6, 6.07) is 12.9. The van der Waals surface area contributed by atoms with Crippen LogP contribution in [0, 0.1) is 13.8 Å². The van der Waals surface area contributed by atoms with Crippen LogP contribution in [0.5, 0.6) is 5.75 Å². The van der Waals surface area contributed by atoms with Gasteiger partial charge in [0, 0.05) is 52.0 Å². The Morgan fingerprint density at radius 1 is 1.08 bits per heavy atom. The first-order valence-electron chi connectivity index (χ1n) is 13.2. The average molecular weight is 545 g/mol. The minimum absolute atomic E-state index is 0.00461. The van der Waals surface area contributed by atoms with Crippen molar-refractivity contribution in [2.24, 2.45) is 0 Å². The lowest BCUT2D eigenvalue weighted by molar-refractivity contribution is -0.135. The Morgan fingerprint density at radius 3 is 2.34 bits per heavy atom. The predicted octanol–water partition coefficient (Wildman–Crippen LogP) is 3.47. The highest BCUT2D eigenvalue weighted by atomic mass is 32.2. The van der Waals surface area contributed by atoms with Gasteiger partial charge in [0.05, 0.1) is 18.6 Å². The summed E-state index contributed by atoms with van der Waals surface area (Å²) in [5.74, 6) is 0.676. The van der Waals surface area contributed by atoms with E-state index >= 15 is 0 Å². The van der Waals surface area contributed by atoms with Crippen LogP contribution in [0.2, 0.25) is 0 Å². The number of anilines is 1. The van der Waals surface area contributed by atoms with Gasteiger partial charge in [0.1, 0.15) is 23.3 Å². The molecule has 0 bridgehead atoms. The molecule has 0 radical (unpaired) electrons. The second-order valence-electron chi connectivity index (χ2n) is 10.4. The average Bonchev–Trinajstić information content (AvgIpc) is 2.90. The molecule has 0 N–H and O–H groups in total. The number of hydrogen-bond donors (Lipinski definition) is 0. The summed E-state index contributed by atoms with van der Waals surface area (Å²) in [5, 5.41) is 0. The van der Waals surface area contributed by atoms with E-state index in [2.05, 4.69) is 48.2 Å². The van der Waals surface area contributed by atoms with Crippen LogP contribution in [0.25, 0.3) is 0 Å². The molecule has 2 atom stereocenters. The molecule has 9 heteroatoms. The second kappa shape index (κ2) is 14.1. The fourth-order valence-electron chi connectivity index (χ4n) is 4.79. The van der Waals surface area contributed by atoms with E-state index in [0.717, 1.165) is 40.4 Å². The lowest BCUT2D eigenvalue weighted by Gasteiger charge is -2.37. The number of ether oxygens (including phenoxy) is 2. The van der Waals surface area contributed by atoms with E-state index < -0.39 is 11.0 Å². The van der Waals surface area contributed by atoms with Gasteiger partial charge < -0.3 is 24.2 Å². The second-order valence-corrected chi connectivity index (χ2v) is 11.9. The largest absolute Gasteiger partial charge is 0.497 e. The molecule has 8 nitrogen and oxygen atoms in total. The number of amides is 1. The van der Waals surface area contributed by atoms with Gasteiger partial charge in [0.25, 0.3) is 0 Å². The van der Waals surface area contributed by atoms with E-state index in [1.807, 2.05) is 26.0 Å². The summed E-state index contributed by atoms with van der Waals surface area (Å²) in [6.45, 7) is 7.28. The maximum atomic E-state index is 13.1. The molecule has 2 unspecified atom stereocenters. The van der Waals surface area contributed by atoms with Crippen LogP contribution < -0.4 is 9.64 Å². The van der Waals surface area contributed by atoms with E-state index in [-0.39, 0.29) is 12.5 Å². The van der Waals surface area contributed by atoms with Crippen LogP contribution in [0.3, 0.4) is 0 Å². The van der Waals surface area contributed by atoms with Crippen molar-refractivity contribution in [2.45, 2.75) is 44.2 Å². The molecule has 1 aliphatic rings. The van der Waals surface area contributed by atoms with Gasteiger partial charge in [0.2, 0.25) is 5.91 Å². The maximum Gasteiger partial charge on any atom is 0.248 e. The van der Waals surface area contributed by atoms with Crippen molar-refractivity contribution in [1.82, 2.24) is 14.1 Å². The first-order valence-corrected chi connectivity index (χ1v) is 14.3. The molecule has 1 saturated heterocycles. The van der Waals surface area contributed by atoms with Gasteiger partial charge in [-0.2, -0.15) is 0 Å². The van der Waals surface area contributed by atoms with Crippen LogP contribution in [0.15, 0.2) is 41.3 Å². The van der Waals surface area contributed by atoms with Crippen molar-refractivity contribution in [1.29, 1.82) is 0 Å². The van der Waals surface area contributed by atoms with E-state index in [9.17, 15) is 9.00 Å². The molecule has 0 saturated carbocycles. The molecule has 0 aromatic heterocycles. The number of rotatable bonds is 12. The third-order valence-electron chi connectivity index (χ3n) is 7.18. The third kappa shape index (κ3) is 8.02. The lowest BCUT2D eigenvalue weighted by Crippen LogP contribution is -2.45. The summed E-state index contributed by atoms with van der Waals surface area (Å²) in [4.78, 5) is 19.8. The molecule has 1 heterocycles. The zero-order valence-electron chi connectivity index (χ0n) is 24.0. The Labute approximate surface area is 231 Å². The Balaban J connectivity index is 1.42. The minimum Gasteiger partial charge on any atom is -0.497 e. The van der Waals surface area contributed by atoms with Crippen molar-refractivity contribution >= 4 is 22.6 Å². The van der Waals surface area contributed by atoms with Gasteiger partial charge in [0.15, 0.2) is 0 Å². The first-order chi connectivity index (χ1) is 18.1. The van der Waals surface area contributed by atoms with Crippen LogP contribution in [0.4, 0.5) is 5.69 Å². The first kappa shape index (κ1) is 30.1. The van der Waals surface area contributed by atoms with E-state index in [4.69, 9.17) is 9.47 Å². The number of methoxy groups -OCH3 is 1. The minimum atomic E-state index is -1.32. The molecule has 0 aliphatic carbocycles. The van der Waals surface area contributed by atoms with E-state index in [1.54, 1.807) is 30.4 Å². The molecule has 0 spiro atoms. The van der Waals surface area contributed by atoms with E-state index in [1.165, 1.54) is 18.5 Å². The number of carbonyl (C=O) groups is 1. The quantitative estimate of drug-likeness (QED) is 0.382. The smallest absolute Gasteiger partial charge is 0.248 e. The highest BCUT2D eigenvalue weighted by Gasteiger charge is 2.22. The number of carbonyl (C=O) groups excluding carboxylic acids is 1. The number of benzene rings is 2. The van der Waals surface area contributed by atoms with Gasteiger partial charge in [-0.15, -0.1) is 0 Å². The maximum absolute atomic E-state index is 13.1. The van der Waals surface area contributed by atoms with Crippen LogP contribution >= 0.6 is 0 Å². The van der Waals surface area contributed by atoms with Gasteiger partial charge in [-0.1, -0.05) is 12.1 Å². The Morgan fingerprint density at radius 2 is 1.74 bits per heavy atom. The standard InChI is InChI=1S/C29H44N4O4S/c1-22-17-27(36-7)18-23(2)29(22)38(35)32(6)15-16-37-21-28(34)31(5)19-24-10-12-25(13-11-24)33-14-8-9-26(20-33)30(3)4/h10-13,17-18,26H,8-9,14-16,19-21H2,1-7H3. The fraction of sp³-hybridized carbons (Fsp3) is 0.552. The molecule has 210 valence electrons. The summed E-state index contributed by atoms with van der Waals surface area (Å²) in [6.07, 6.45) is 2.45. The van der Waals surface area contributed by atoms with Crippen molar-refractivity contribution < 1.29 is 18.5 Å². The highest BCUT2D eigenvalue weighted by molar-refractivity contribution is 7.82. The number of piperidine rings is 1. The van der Waals surface area contributed by atoms with Crippen molar-refractivity contribution in [3.63, 3.8) is 0 Å². The summed E-state index contributed by atoms with van der Waals surface area (Å²) >= 11 is 0. The molecule has 2 aromatic rings. The topological polar surface area (TPSA) is 65.6 Å². The van der Waals surface area contributed by atoms with Gasteiger partial charge in [-0.25, -0.2) is 8.51 Å². The zero-order valence-corrected chi connectivity index (χ0v) is 24.8. The number of nitrogens with zero attached hydrogens (tertiary/aromatic N) is 4. The Kier molecular flexibility index (Phi) is 11.1. The van der Waals surface area contributed by atoms with E-state index in [0.29, 0.717) is 25.7 Å². The predicted molar refractivity (Wildman–Crippen MR) is 154 cm³/mol. The van der Waals surface area contributed by atoms with Gasteiger partial charge >= 0.3 is 0 Å². The molecular formula is C29H44N4O4S. The third-order valence-corrected chi connectivity index (χ3v) is 8.92. The Bertz CT molecular complexity index is 1070. The summed E-state index contributed by atoms with van der Waals surface area (Å²) in [7, 11) is 8.19. The molecule has 2 aromatic carbocycles. The molecule has 1 aliphatic heterocycles.